The number of hydrogen-bond donors (Lipinski definition) is 0. The molecule has 0 fully saturated rings. The summed E-state index contributed by atoms with van der Waals surface area (Å²) in [6.45, 7) is 5.27. The van der Waals surface area contributed by atoms with Crippen LogP contribution in [0.1, 0.15) is 24.2 Å². The molecule has 1 aromatic rings. The zero-order valence-corrected chi connectivity index (χ0v) is 9.60. The molecule has 1 rings (SSSR count). The van der Waals surface area contributed by atoms with E-state index in [1.54, 1.807) is 24.3 Å². The fourth-order valence-corrected chi connectivity index (χ4v) is 1.04. The van der Waals surface area contributed by atoms with Gasteiger partial charge in [-0.15, -0.1) is 0 Å². The smallest absolute Gasteiger partial charge is 0.376 e. The van der Waals surface area contributed by atoms with Crippen molar-refractivity contribution in [1.29, 1.82) is 0 Å². The van der Waals surface area contributed by atoms with Gasteiger partial charge in [0.2, 0.25) is 0 Å². The Morgan fingerprint density at radius 3 is 2.62 bits per heavy atom. The Balaban J connectivity index is 2.59. The monoisotopic (exact) mass is 223 g/mol. The molecule has 0 aliphatic rings. The van der Waals surface area contributed by atoms with Crippen LogP contribution >= 0.6 is 0 Å². The van der Waals surface area contributed by atoms with Gasteiger partial charge in [0.05, 0.1) is 7.11 Å². The summed E-state index contributed by atoms with van der Waals surface area (Å²) >= 11 is 0. The van der Waals surface area contributed by atoms with Gasteiger partial charge in [-0.25, -0.2) is 4.79 Å². The van der Waals surface area contributed by atoms with Gasteiger partial charge < -0.3 is 4.74 Å². The summed E-state index contributed by atoms with van der Waals surface area (Å²) in [7, 11) is 1.49. The molecule has 4 nitrogen and oxygen atoms in total. The summed E-state index contributed by atoms with van der Waals surface area (Å²) in [5, 5.41) is 0. The molecule has 0 atom stereocenters. The molecule has 1 aromatic carbocycles. The quantitative estimate of drug-likeness (QED) is 0.568. The van der Waals surface area contributed by atoms with Crippen molar-refractivity contribution in [2.75, 3.05) is 7.11 Å². The number of benzene rings is 1. The van der Waals surface area contributed by atoms with Crippen molar-refractivity contribution in [2.45, 2.75) is 13.8 Å². The van der Waals surface area contributed by atoms with Crippen LogP contribution in [0.3, 0.4) is 0 Å². The van der Waals surface area contributed by atoms with Crippen LogP contribution in [0, 0.1) is 12.5 Å². The summed E-state index contributed by atoms with van der Waals surface area (Å²) in [5.74, 6) is 0.0699. The van der Waals surface area contributed by atoms with Crippen molar-refractivity contribution in [3.8, 4) is 5.75 Å². The number of methoxy groups -OCH3 is 1. The van der Waals surface area contributed by atoms with Crippen molar-refractivity contribution >= 4 is 5.97 Å². The van der Waals surface area contributed by atoms with Crippen molar-refractivity contribution in [1.82, 2.24) is 0 Å². The average molecular weight is 223 g/mol. The van der Waals surface area contributed by atoms with Gasteiger partial charge >= 0.3 is 5.97 Å². The van der Waals surface area contributed by atoms with E-state index in [1.807, 2.05) is 13.8 Å². The maximum Gasteiger partial charge on any atom is 0.376 e. The SMILES string of the molecule is COc1ccccc1C(=O)OO[CH]C(C)C. The van der Waals surface area contributed by atoms with Crippen LogP contribution in [0.25, 0.3) is 0 Å². The lowest BCUT2D eigenvalue weighted by Gasteiger charge is -2.07. The van der Waals surface area contributed by atoms with Gasteiger partial charge in [0.25, 0.3) is 0 Å². The van der Waals surface area contributed by atoms with Crippen LogP contribution in [0.4, 0.5) is 0 Å². The Kier molecular flexibility index (Phi) is 4.79. The highest BCUT2D eigenvalue weighted by molar-refractivity contribution is 5.92. The fraction of sp³-hybridized carbons (Fsp3) is 0.333. The van der Waals surface area contributed by atoms with E-state index in [1.165, 1.54) is 13.7 Å². The number of carbonyl (C=O) groups is 1. The zero-order chi connectivity index (χ0) is 12.0. The lowest BCUT2D eigenvalue weighted by atomic mass is 10.2. The third kappa shape index (κ3) is 3.55. The van der Waals surface area contributed by atoms with Crippen LogP contribution in [0.2, 0.25) is 0 Å². The second-order valence-corrected chi connectivity index (χ2v) is 3.55. The standard InChI is InChI=1S/C12H15O4/c1-9(2)8-15-16-12(13)10-6-4-5-7-11(10)14-3/h4-9H,1-3H3. The van der Waals surface area contributed by atoms with Crippen LogP contribution < -0.4 is 4.74 Å². The van der Waals surface area contributed by atoms with Crippen molar-refractivity contribution in [2.24, 2.45) is 5.92 Å². The molecule has 4 heteroatoms. The highest BCUT2D eigenvalue weighted by Gasteiger charge is 2.14. The molecule has 0 saturated carbocycles. The second-order valence-electron chi connectivity index (χ2n) is 3.55. The summed E-state index contributed by atoms with van der Waals surface area (Å²) in [6, 6.07) is 6.80. The number of hydrogen-bond acceptors (Lipinski definition) is 4. The molecule has 0 aliphatic carbocycles. The van der Waals surface area contributed by atoms with Crippen LogP contribution in [0.15, 0.2) is 24.3 Å². The Morgan fingerprint density at radius 2 is 2.00 bits per heavy atom. The van der Waals surface area contributed by atoms with Gasteiger partial charge in [-0.2, -0.15) is 4.89 Å². The molecular formula is C12H15O4. The molecule has 0 heterocycles. The van der Waals surface area contributed by atoms with E-state index in [9.17, 15) is 4.79 Å². The number of para-hydroxylation sites is 1. The lowest BCUT2D eigenvalue weighted by Crippen LogP contribution is -2.08. The van der Waals surface area contributed by atoms with Crippen molar-refractivity contribution < 1.29 is 19.3 Å². The maximum atomic E-state index is 11.6. The van der Waals surface area contributed by atoms with Gasteiger partial charge in [-0.3, -0.25) is 4.89 Å². The summed E-state index contributed by atoms with van der Waals surface area (Å²) < 4.78 is 5.03. The third-order valence-corrected chi connectivity index (χ3v) is 1.78. The van der Waals surface area contributed by atoms with Crippen molar-refractivity contribution in [3.05, 3.63) is 36.4 Å². The predicted molar refractivity (Wildman–Crippen MR) is 58.6 cm³/mol. The third-order valence-electron chi connectivity index (χ3n) is 1.78. The first kappa shape index (κ1) is 12.5. The van der Waals surface area contributed by atoms with Crippen LogP contribution in [-0.2, 0) is 9.78 Å². The van der Waals surface area contributed by atoms with Crippen LogP contribution in [-0.4, -0.2) is 13.1 Å². The largest absolute Gasteiger partial charge is 0.496 e. The predicted octanol–water partition coefficient (Wildman–Crippen LogP) is 2.60. The fourth-order valence-electron chi connectivity index (χ4n) is 1.04. The van der Waals surface area contributed by atoms with Crippen LogP contribution in [0.5, 0.6) is 5.75 Å². The van der Waals surface area contributed by atoms with Gasteiger partial charge in [0.15, 0.2) is 0 Å². The summed E-state index contributed by atoms with van der Waals surface area (Å²) in [6.07, 6.45) is 0. The Bertz CT molecular complexity index is 347. The average Bonchev–Trinajstić information content (AvgIpc) is 2.28. The minimum Gasteiger partial charge on any atom is -0.496 e. The molecule has 0 saturated heterocycles. The maximum absolute atomic E-state index is 11.6. The second kappa shape index (κ2) is 6.12. The zero-order valence-electron chi connectivity index (χ0n) is 9.60. The molecule has 87 valence electrons. The molecular weight excluding hydrogens is 208 g/mol. The minimum absolute atomic E-state index is 0.186. The van der Waals surface area contributed by atoms with E-state index in [0.29, 0.717) is 11.3 Å². The highest BCUT2D eigenvalue weighted by Crippen LogP contribution is 2.18. The van der Waals surface area contributed by atoms with E-state index < -0.39 is 5.97 Å². The normalized spacial score (nSPS) is 10.2. The first-order valence-electron chi connectivity index (χ1n) is 4.99. The van der Waals surface area contributed by atoms with E-state index >= 15 is 0 Å². The summed E-state index contributed by atoms with van der Waals surface area (Å²) in [4.78, 5) is 20.8. The van der Waals surface area contributed by atoms with E-state index in [2.05, 4.69) is 9.78 Å². The topological polar surface area (TPSA) is 44.8 Å². The molecule has 0 unspecified atom stereocenters. The molecule has 0 N–H and O–H groups in total. The van der Waals surface area contributed by atoms with Gasteiger partial charge in [0, 0.05) is 0 Å². The van der Waals surface area contributed by atoms with Gasteiger partial charge in [-0.1, -0.05) is 26.0 Å². The minimum atomic E-state index is -0.575. The Labute approximate surface area is 95.1 Å². The molecule has 0 bridgehead atoms. The van der Waals surface area contributed by atoms with E-state index in [4.69, 9.17) is 4.74 Å². The first-order chi connectivity index (χ1) is 7.65. The molecule has 0 aliphatic heterocycles. The number of carbonyl (C=O) groups excluding carboxylic acids is 1. The van der Waals surface area contributed by atoms with Crippen molar-refractivity contribution in [3.63, 3.8) is 0 Å². The van der Waals surface area contributed by atoms with Gasteiger partial charge in [-0.05, 0) is 18.1 Å². The highest BCUT2D eigenvalue weighted by atomic mass is 17.2. The summed E-state index contributed by atoms with van der Waals surface area (Å²) in [5.41, 5.74) is 0.335. The first-order valence-corrected chi connectivity index (χ1v) is 4.99. The number of ether oxygens (including phenoxy) is 1. The molecule has 0 amide bonds. The Morgan fingerprint density at radius 1 is 1.31 bits per heavy atom. The van der Waals surface area contributed by atoms with E-state index in [0.717, 1.165) is 0 Å². The molecule has 0 spiro atoms. The Hall–Kier alpha value is -1.55. The van der Waals surface area contributed by atoms with Gasteiger partial charge in [0.1, 0.15) is 17.9 Å². The lowest BCUT2D eigenvalue weighted by molar-refractivity contribution is -0.217. The van der Waals surface area contributed by atoms with E-state index in [-0.39, 0.29) is 5.92 Å². The molecule has 1 radical (unpaired) electrons. The number of rotatable bonds is 5. The molecule has 0 aromatic heterocycles. The molecule has 16 heavy (non-hydrogen) atoms.